The smallest absolute Gasteiger partial charge is 0.366 e. The van der Waals surface area contributed by atoms with E-state index in [-0.39, 0.29) is 0 Å². The summed E-state index contributed by atoms with van der Waals surface area (Å²) in [7, 11) is 4.09. The van der Waals surface area contributed by atoms with E-state index in [1.54, 1.807) is 0 Å². The molecule has 1 rings (SSSR count). The zero-order valence-electron chi connectivity index (χ0n) is 23.4. The highest BCUT2D eigenvalue weighted by atomic mass is 16.4. The van der Waals surface area contributed by atoms with E-state index in [4.69, 9.17) is 0 Å². The average molecular weight is 487 g/mol. The Balaban J connectivity index is 2.30. The van der Waals surface area contributed by atoms with E-state index in [9.17, 15) is 9.90 Å². The van der Waals surface area contributed by atoms with E-state index in [0.717, 1.165) is 18.4 Å². The Bertz CT molecular complexity index is 669. The van der Waals surface area contributed by atoms with E-state index >= 15 is 0 Å². The summed E-state index contributed by atoms with van der Waals surface area (Å²) >= 11 is 0. The van der Waals surface area contributed by atoms with Crippen LogP contribution in [0.4, 0.5) is 0 Å². The van der Waals surface area contributed by atoms with Crippen molar-refractivity contribution in [2.75, 3.05) is 20.6 Å². The number of hydrogen-bond donors (Lipinski definition) is 1. The van der Waals surface area contributed by atoms with E-state index in [1.807, 2.05) is 38.4 Å². The largest absolute Gasteiger partial charge is 0.477 e. The van der Waals surface area contributed by atoms with E-state index in [1.165, 1.54) is 89.9 Å². The molecule has 1 atom stereocenters. The van der Waals surface area contributed by atoms with Gasteiger partial charge in [-0.3, -0.25) is 0 Å². The standard InChI is InChI=1S/C32H55NO2/c1-5-7-8-9-10-11-12-13-14-15-16-17-18-19-20-24-27-32(31(34)35,33(3,4)28-6-2)29-30-25-22-21-23-26-30/h6,21-23,25-26H,2,5,7-20,24,27-29H2,1,3-4H3/p+1. The molecule has 0 bridgehead atoms. The minimum atomic E-state index is -0.828. The van der Waals surface area contributed by atoms with Crippen molar-refractivity contribution in [1.82, 2.24) is 0 Å². The lowest BCUT2D eigenvalue weighted by Crippen LogP contribution is -2.65. The number of aliphatic carboxylic acids is 1. The van der Waals surface area contributed by atoms with Gasteiger partial charge in [-0.05, 0) is 18.1 Å². The fourth-order valence-corrected chi connectivity index (χ4v) is 5.44. The normalized spacial score (nSPS) is 13.5. The number of carboxylic acid groups (broad SMARTS) is 1. The van der Waals surface area contributed by atoms with Gasteiger partial charge in [-0.25, -0.2) is 4.79 Å². The number of unbranched alkanes of at least 4 members (excludes halogenated alkanes) is 15. The number of carboxylic acids is 1. The van der Waals surface area contributed by atoms with Crippen LogP contribution in [0.2, 0.25) is 0 Å². The minimum Gasteiger partial charge on any atom is -0.477 e. The van der Waals surface area contributed by atoms with Gasteiger partial charge in [0.05, 0.1) is 20.6 Å². The van der Waals surface area contributed by atoms with Gasteiger partial charge in [-0.2, -0.15) is 0 Å². The second-order valence-corrected chi connectivity index (χ2v) is 11.2. The van der Waals surface area contributed by atoms with Crippen molar-refractivity contribution in [2.45, 2.75) is 128 Å². The zero-order chi connectivity index (χ0) is 25.8. The van der Waals surface area contributed by atoms with Crippen molar-refractivity contribution in [3.05, 3.63) is 48.6 Å². The first-order valence-electron chi connectivity index (χ1n) is 14.6. The van der Waals surface area contributed by atoms with Gasteiger partial charge in [0.15, 0.2) is 0 Å². The highest BCUT2D eigenvalue weighted by Gasteiger charge is 2.51. The van der Waals surface area contributed by atoms with Crippen LogP contribution in [0.15, 0.2) is 43.0 Å². The summed E-state index contributed by atoms with van der Waals surface area (Å²) < 4.78 is 0.430. The quantitative estimate of drug-likeness (QED) is 0.0952. The minimum absolute atomic E-state index is 0.430. The number of hydrogen-bond acceptors (Lipinski definition) is 1. The summed E-state index contributed by atoms with van der Waals surface area (Å²) in [5.74, 6) is -0.686. The van der Waals surface area contributed by atoms with Gasteiger partial charge >= 0.3 is 5.97 Å². The van der Waals surface area contributed by atoms with Crippen molar-refractivity contribution in [1.29, 1.82) is 0 Å². The summed E-state index contributed by atoms with van der Waals surface area (Å²) in [5, 5.41) is 10.4. The van der Waals surface area contributed by atoms with Crippen LogP contribution in [-0.4, -0.2) is 41.7 Å². The van der Waals surface area contributed by atoms with E-state index in [2.05, 4.69) is 25.6 Å². The molecule has 0 saturated carbocycles. The SMILES string of the molecule is C=CC[N+](C)(C)C(CCCCCCCCCCCCCCCCCC)(Cc1ccccc1)C(=O)O. The monoisotopic (exact) mass is 486 g/mol. The second kappa shape index (κ2) is 18.6. The number of benzene rings is 1. The molecular weight excluding hydrogens is 430 g/mol. The molecule has 1 N–H and O–H groups in total. The van der Waals surface area contributed by atoms with Crippen LogP contribution in [-0.2, 0) is 11.2 Å². The van der Waals surface area contributed by atoms with Crippen molar-refractivity contribution in [3.63, 3.8) is 0 Å². The predicted molar refractivity (Wildman–Crippen MR) is 152 cm³/mol. The molecule has 0 fully saturated rings. The number of carbonyl (C=O) groups is 1. The molecule has 0 heterocycles. The summed E-state index contributed by atoms with van der Waals surface area (Å²) in [6.45, 7) is 6.83. The summed E-state index contributed by atoms with van der Waals surface area (Å²) in [5.41, 5.74) is 0.271. The molecule has 3 heteroatoms. The highest BCUT2D eigenvalue weighted by molar-refractivity contribution is 5.77. The van der Waals surface area contributed by atoms with Gasteiger partial charge in [0.1, 0.15) is 0 Å². The molecule has 0 saturated heterocycles. The molecule has 0 aromatic heterocycles. The molecule has 0 amide bonds. The molecule has 0 aliphatic carbocycles. The first-order valence-corrected chi connectivity index (χ1v) is 14.6. The van der Waals surface area contributed by atoms with Crippen molar-refractivity contribution < 1.29 is 14.4 Å². The number of quaternary nitrogens is 1. The lowest BCUT2D eigenvalue weighted by atomic mass is 9.82. The Kier molecular flexibility index (Phi) is 16.7. The van der Waals surface area contributed by atoms with Gasteiger partial charge in [0.2, 0.25) is 5.54 Å². The summed E-state index contributed by atoms with van der Waals surface area (Å²) in [6.07, 6.45) is 24.4. The van der Waals surface area contributed by atoms with Crippen LogP contribution in [0.25, 0.3) is 0 Å². The maximum Gasteiger partial charge on any atom is 0.366 e. The van der Waals surface area contributed by atoms with Crippen molar-refractivity contribution in [2.24, 2.45) is 0 Å². The molecule has 0 radical (unpaired) electrons. The van der Waals surface area contributed by atoms with Gasteiger partial charge in [0, 0.05) is 12.8 Å². The fraction of sp³-hybridized carbons (Fsp3) is 0.719. The van der Waals surface area contributed by atoms with E-state index in [0.29, 0.717) is 23.9 Å². The zero-order valence-corrected chi connectivity index (χ0v) is 23.4. The maximum atomic E-state index is 12.7. The number of nitrogens with zero attached hydrogens (tertiary/aromatic N) is 1. The fourth-order valence-electron chi connectivity index (χ4n) is 5.44. The summed E-state index contributed by atoms with van der Waals surface area (Å²) in [6, 6.07) is 10.1. The Hall–Kier alpha value is -1.61. The van der Waals surface area contributed by atoms with Gasteiger partial charge in [-0.15, -0.1) is 0 Å². The number of likely N-dealkylation sites (N-methyl/N-ethyl adjacent to an activating group) is 1. The maximum absolute atomic E-state index is 12.7. The van der Waals surface area contributed by atoms with Gasteiger partial charge in [-0.1, -0.05) is 140 Å². The number of rotatable bonds is 23. The molecule has 3 nitrogen and oxygen atoms in total. The van der Waals surface area contributed by atoms with Crippen LogP contribution in [0, 0.1) is 0 Å². The third-order valence-electron chi connectivity index (χ3n) is 7.93. The molecule has 35 heavy (non-hydrogen) atoms. The topological polar surface area (TPSA) is 37.3 Å². The average Bonchev–Trinajstić information content (AvgIpc) is 2.83. The second-order valence-electron chi connectivity index (χ2n) is 11.2. The third kappa shape index (κ3) is 12.3. The van der Waals surface area contributed by atoms with Crippen LogP contribution in [0.1, 0.15) is 122 Å². The third-order valence-corrected chi connectivity index (χ3v) is 7.93. The van der Waals surface area contributed by atoms with Crippen molar-refractivity contribution >= 4 is 5.97 Å². The van der Waals surface area contributed by atoms with Crippen LogP contribution in [0.3, 0.4) is 0 Å². The van der Waals surface area contributed by atoms with Crippen molar-refractivity contribution in [3.8, 4) is 0 Å². The molecule has 1 aromatic carbocycles. The molecule has 0 aliphatic rings. The van der Waals surface area contributed by atoms with Crippen LogP contribution in [0.5, 0.6) is 0 Å². The first-order chi connectivity index (χ1) is 16.9. The molecule has 0 spiro atoms. The first kappa shape index (κ1) is 31.4. The van der Waals surface area contributed by atoms with E-state index < -0.39 is 11.5 Å². The van der Waals surface area contributed by atoms with Crippen LogP contribution >= 0.6 is 0 Å². The molecule has 1 aromatic rings. The Labute approximate surface area is 217 Å². The summed E-state index contributed by atoms with van der Waals surface area (Å²) in [4.78, 5) is 12.7. The highest BCUT2D eigenvalue weighted by Crippen LogP contribution is 2.32. The molecule has 200 valence electrons. The predicted octanol–water partition coefficient (Wildman–Crippen LogP) is 8.97. The lowest BCUT2D eigenvalue weighted by molar-refractivity contribution is -0.927. The van der Waals surface area contributed by atoms with Gasteiger partial charge in [0.25, 0.3) is 0 Å². The Morgan fingerprint density at radius 3 is 1.63 bits per heavy atom. The molecule has 0 aliphatic heterocycles. The Morgan fingerprint density at radius 1 is 0.800 bits per heavy atom. The van der Waals surface area contributed by atoms with Crippen LogP contribution < -0.4 is 0 Å². The molecular formula is C32H56NO2+. The molecule has 1 unspecified atom stereocenters. The Morgan fingerprint density at radius 2 is 1.23 bits per heavy atom. The lowest BCUT2D eigenvalue weighted by Gasteiger charge is -2.45. The van der Waals surface area contributed by atoms with Gasteiger partial charge < -0.3 is 9.59 Å².